The second-order valence-corrected chi connectivity index (χ2v) is 7.51. The Balaban J connectivity index is 1.49. The van der Waals surface area contributed by atoms with Crippen LogP contribution in [0.3, 0.4) is 0 Å². The number of amides is 4. The van der Waals surface area contributed by atoms with Crippen molar-refractivity contribution in [1.82, 2.24) is 15.5 Å². The number of hydrogen-bond acceptors (Lipinski definition) is 6. The van der Waals surface area contributed by atoms with E-state index in [0.29, 0.717) is 11.7 Å². The zero-order chi connectivity index (χ0) is 16.6. The van der Waals surface area contributed by atoms with E-state index in [1.807, 2.05) is 0 Å². The first kappa shape index (κ1) is 16.1. The summed E-state index contributed by atoms with van der Waals surface area (Å²) in [6.45, 7) is 0. The highest BCUT2D eigenvalue weighted by Gasteiger charge is 2.41. The predicted molar refractivity (Wildman–Crippen MR) is 79.0 cm³/mol. The summed E-state index contributed by atoms with van der Waals surface area (Å²) < 4.78 is 0. The van der Waals surface area contributed by atoms with Gasteiger partial charge in [0.25, 0.3) is 0 Å². The Morgan fingerprint density at radius 2 is 1.96 bits per heavy atom. The fraction of sp³-hybridized carbons (Fsp3) is 0.714. The number of imide groups is 1. The summed E-state index contributed by atoms with van der Waals surface area (Å²) in [5.74, 6) is -2.24. The summed E-state index contributed by atoms with van der Waals surface area (Å²) >= 11 is 1.67. The monoisotopic (exact) mass is 340 g/mol. The standard InChI is InChI=1S/C14H19N3O5S/c18-10-4-5-11(19)17(10)9(13(20)21)3-1-2-7-6-8-12(23-7)16-14(22)15-8/h7-9,12H,1-6H2,(H,20,21)(H2,15,16,22)/p-1. The minimum atomic E-state index is -1.38. The SMILES string of the molecule is O=C1NC2CC(CCCC(C(=O)[O-])N3C(=O)CCC3=O)SC2N1. The summed E-state index contributed by atoms with van der Waals surface area (Å²) in [4.78, 5) is 46.7. The Labute approximate surface area is 137 Å². The van der Waals surface area contributed by atoms with Gasteiger partial charge < -0.3 is 20.5 Å². The van der Waals surface area contributed by atoms with E-state index in [1.54, 1.807) is 11.8 Å². The largest absolute Gasteiger partial charge is 0.548 e. The van der Waals surface area contributed by atoms with Gasteiger partial charge in [0.05, 0.1) is 23.4 Å². The Morgan fingerprint density at radius 3 is 2.57 bits per heavy atom. The minimum absolute atomic E-state index is 0.0752. The first-order chi connectivity index (χ1) is 11.0. The van der Waals surface area contributed by atoms with E-state index in [4.69, 9.17) is 0 Å². The van der Waals surface area contributed by atoms with E-state index in [9.17, 15) is 24.3 Å². The molecular formula is C14H18N3O5S-. The molecule has 8 nitrogen and oxygen atoms in total. The van der Waals surface area contributed by atoms with E-state index in [0.717, 1.165) is 17.7 Å². The summed E-state index contributed by atoms with van der Waals surface area (Å²) in [6, 6.07) is -1.19. The number of aliphatic carboxylic acids is 1. The Morgan fingerprint density at radius 1 is 1.26 bits per heavy atom. The van der Waals surface area contributed by atoms with Gasteiger partial charge in [-0.3, -0.25) is 14.5 Å². The number of thioether (sulfide) groups is 1. The number of carboxylic acid groups (broad SMARTS) is 1. The molecule has 23 heavy (non-hydrogen) atoms. The number of hydrogen-bond donors (Lipinski definition) is 2. The summed E-state index contributed by atoms with van der Waals surface area (Å²) in [7, 11) is 0. The lowest BCUT2D eigenvalue weighted by atomic mass is 10.0. The number of nitrogens with zero attached hydrogens (tertiary/aromatic N) is 1. The van der Waals surface area contributed by atoms with Gasteiger partial charge in [0.15, 0.2) is 0 Å². The number of likely N-dealkylation sites (tertiary alicyclic amines) is 1. The molecule has 126 valence electrons. The van der Waals surface area contributed by atoms with Crippen molar-refractivity contribution in [2.45, 2.75) is 61.2 Å². The van der Waals surface area contributed by atoms with Crippen molar-refractivity contribution >= 4 is 35.6 Å². The van der Waals surface area contributed by atoms with Crippen molar-refractivity contribution in [2.24, 2.45) is 0 Å². The summed E-state index contributed by atoms with van der Waals surface area (Å²) in [5.41, 5.74) is 0. The maximum Gasteiger partial charge on any atom is 0.316 e. The molecule has 0 aromatic rings. The second kappa shape index (κ2) is 6.38. The number of carbonyl (C=O) groups is 4. The van der Waals surface area contributed by atoms with Gasteiger partial charge in [0.2, 0.25) is 11.8 Å². The van der Waals surface area contributed by atoms with E-state index in [2.05, 4.69) is 10.6 Å². The molecule has 0 spiro atoms. The van der Waals surface area contributed by atoms with Crippen LogP contribution in [0, 0.1) is 0 Å². The minimum Gasteiger partial charge on any atom is -0.548 e. The summed E-state index contributed by atoms with van der Waals surface area (Å²) in [6.07, 6.45) is 2.57. The molecule has 0 aromatic heterocycles. The highest BCUT2D eigenvalue weighted by molar-refractivity contribution is 8.00. The molecule has 3 rings (SSSR count). The molecule has 3 aliphatic rings. The molecule has 0 radical (unpaired) electrons. The van der Waals surface area contributed by atoms with Crippen molar-refractivity contribution in [3.8, 4) is 0 Å². The van der Waals surface area contributed by atoms with Crippen molar-refractivity contribution in [2.75, 3.05) is 0 Å². The highest BCUT2D eigenvalue weighted by atomic mass is 32.2. The zero-order valence-electron chi connectivity index (χ0n) is 12.4. The third-order valence-corrected chi connectivity index (χ3v) is 6.04. The molecule has 3 fully saturated rings. The van der Waals surface area contributed by atoms with Crippen LogP contribution >= 0.6 is 11.8 Å². The molecule has 9 heteroatoms. The van der Waals surface area contributed by atoms with Gasteiger partial charge in [0.1, 0.15) is 0 Å². The quantitative estimate of drug-likeness (QED) is 0.595. The number of carboxylic acids is 1. The molecule has 2 N–H and O–H groups in total. The predicted octanol–water partition coefficient (Wildman–Crippen LogP) is -1.06. The Kier molecular flexibility index (Phi) is 4.47. The number of rotatable bonds is 6. The van der Waals surface area contributed by atoms with Crippen LogP contribution in [0.1, 0.15) is 38.5 Å². The maximum atomic E-state index is 11.7. The molecule has 0 aliphatic carbocycles. The molecular weight excluding hydrogens is 322 g/mol. The summed E-state index contributed by atoms with van der Waals surface area (Å²) in [5, 5.41) is 17.4. The second-order valence-electron chi connectivity index (χ2n) is 6.06. The van der Waals surface area contributed by atoms with Crippen LogP contribution in [0.2, 0.25) is 0 Å². The van der Waals surface area contributed by atoms with Gasteiger partial charge in [0, 0.05) is 18.1 Å². The normalized spacial score (nSPS) is 31.0. The molecule has 4 amide bonds. The zero-order valence-corrected chi connectivity index (χ0v) is 13.3. The van der Waals surface area contributed by atoms with Crippen LogP contribution in [-0.2, 0) is 14.4 Å². The van der Waals surface area contributed by atoms with Gasteiger partial charge >= 0.3 is 6.03 Å². The van der Waals surface area contributed by atoms with E-state index in [1.165, 1.54) is 0 Å². The van der Waals surface area contributed by atoms with Crippen molar-refractivity contribution in [1.29, 1.82) is 0 Å². The molecule has 4 unspecified atom stereocenters. The van der Waals surface area contributed by atoms with Crippen LogP contribution in [0.4, 0.5) is 4.79 Å². The number of urea groups is 1. The average Bonchev–Trinajstić information content (AvgIpc) is 3.09. The number of nitrogens with one attached hydrogen (secondary N) is 2. The lowest BCUT2D eigenvalue weighted by Gasteiger charge is -2.27. The van der Waals surface area contributed by atoms with Crippen LogP contribution in [-0.4, -0.2) is 51.4 Å². The highest BCUT2D eigenvalue weighted by Crippen LogP contribution is 2.37. The number of carbonyl (C=O) groups excluding carboxylic acids is 4. The smallest absolute Gasteiger partial charge is 0.316 e. The molecule has 0 aromatic carbocycles. The third-order valence-electron chi connectivity index (χ3n) is 4.49. The van der Waals surface area contributed by atoms with Crippen LogP contribution in [0.5, 0.6) is 0 Å². The molecule has 0 bridgehead atoms. The van der Waals surface area contributed by atoms with Gasteiger partial charge in [-0.05, 0) is 25.7 Å². The maximum absolute atomic E-state index is 11.7. The molecule has 3 heterocycles. The van der Waals surface area contributed by atoms with E-state index < -0.39 is 23.8 Å². The van der Waals surface area contributed by atoms with Crippen molar-refractivity contribution < 1.29 is 24.3 Å². The van der Waals surface area contributed by atoms with Gasteiger partial charge in [-0.2, -0.15) is 0 Å². The first-order valence-electron chi connectivity index (χ1n) is 7.74. The first-order valence-corrected chi connectivity index (χ1v) is 8.68. The van der Waals surface area contributed by atoms with Gasteiger partial charge in [-0.25, -0.2) is 4.79 Å². The topological polar surface area (TPSA) is 119 Å². The Bertz CT molecular complexity index is 523. The fourth-order valence-corrected chi connectivity index (χ4v) is 4.97. The van der Waals surface area contributed by atoms with Crippen molar-refractivity contribution in [3.63, 3.8) is 0 Å². The van der Waals surface area contributed by atoms with Crippen LogP contribution < -0.4 is 15.7 Å². The fourth-order valence-electron chi connectivity index (χ4n) is 3.39. The molecule has 4 atom stereocenters. The molecule has 3 aliphatic heterocycles. The van der Waals surface area contributed by atoms with E-state index in [-0.39, 0.29) is 36.7 Å². The van der Waals surface area contributed by atoms with Crippen LogP contribution in [0.15, 0.2) is 0 Å². The molecule has 3 saturated heterocycles. The Hall–Kier alpha value is -1.77. The third kappa shape index (κ3) is 3.29. The molecule has 0 saturated carbocycles. The average molecular weight is 340 g/mol. The van der Waals surface area contributed by atoms with E-state index >= 15 is 0 Å². The van der Waals surface area contributed by atoms with Crippen LogP contribution in [0.25, 0.3) is 0 Å². The lowest BCUT2D eigenvalue weighted by Crippen LogP contribution is -2.50. The lowest BCUT2D eigenvalue weighted by molar-refractivity contribution is -0.311. The van der Waals surface area contributed by atoms with Gasteiger partial charge in [-0.15, -0.1) is 11.8 Å². The number of fused-ring (bicyclic) bond motifs is 1. The van der Waals surface area contributed by atoms with Crippen molar-refractivity contribution in [3.05, 3.63) is 0 Å². The van der Waals surface area contributed by atoms with Gasteiger partial charge in [-0.1, -0.05) is 0 Å².